The van der Waals surface area contributed by atoms with E-state index in [1.54, 1.807) is 24.9 Å². The van der Waals surface area contributed by atoms with E-state index in [-0.39, 0.29) is 0 Å². The van der Waals surface area contributed by atoms with Crippen LogP contribution in [0.5, 0.6) is 0 Å². The van der Waals surface area contributed by atoms with Crippen molar-refractivity contribution < 1.29 is 14.3 Å². The number of carboxylic acid groups (broad SMARTS) is 1. The fourth-order valence-corrected chi connectivity index (χ4v) is 2.93. The zero-order chi connectivity index (χ0) is 15.0. The van der Waals surface area contributed by atoms with E-state index in [4.69, 9.17) is 4.42 Å². The average Bonchev–Trinajstić information content (AvgIpc) is 2.81. The lowest BCUT2D eigenvalue weighted by atomic mass is 9.95. The lowest BCUT2D eigenvalue weighted by Gasteiger charge is -2.26. The number of aryl methyl sites for hydroxylation is 1. The van der Waals surface area contributed by atoms with Crippen LogP contribution >= 0.6 is 11.8 Å². The summed E-state index contributed by atoms with van der Waals surface area (Å²) in [6.07, 6.45) is 5.22. The van der Waals surface area contributed by atoms with Crippen LogP contribution in [-0.4, -0.2) is 28.9 Å². The second kappa shape index (κ2) is 8.37. The molecule has 0 spiro atoms. The molecule has 1 atom stereocenters. The van der Waals surface area contributed by atoms with Crippen molar-refractivity contribution in [1.82, 2.24) is 5.32 Å². The first-order chi connectivity index (χ1) is 9.49. The molecule has 0 aromatic carbocycles. The molecule has 114 valence electrons. The third-order valence-corrected chi connectivity index (χ3v) is 4.60. The zero-order valence-electron chi connectivity index (χ0n) is 12.6. The molecule has 0 saturated carbocycles. The van der Waals surface area contributed by atoms with Crippen LogP contribution in [0.2, 0.25) is 0 Å². The molecule has 20 heavy (non-hydrogen) atoms. The Morgan fingerprint density at radius 2 is 2.25 bits per heavy atom. The summed E-state index contributed by atoms with van der Waals surface area (Å²) in [5.41, 5.74) is -0.799. The van der Waals surface area contributed by atoms with Crippen molar-refractivity contribution >= 4 is 17.7 Å². The van der Waals surface area contributed by atoms with E-state index in [9.17, 15) is 9.90 Å². The van der Waals surface area contributed by atoms with E-state index in [0.717, 1.165) is 37.3 Å². The van der Waals surface area contributed by atoms with Crippen LogP contribution in [0.1, 0.15) is 45.3 Å². The molecule has 0 fully saturated rings. The minimum absolute atomic E-state index is 0.660. The van der Waals surface area contributed by atoms with E-state index >= 15 is 0 Å². The van der Waals surface area contributed by atoms with Crippen LogP contribution in [0.3, 0.4) is 0 Å². The summed E-state index contributed by atoms with van der Waals surface area (Å²) in [6, 6.07) is 1.98. The van der Waals surface area contributed by atoms with Gasteiger partial charge in [-0.2, -0.15) is 0 Å². The zero-order valence-corrected chi connectivity index (χ0v) is 13.4. The number of unbranched alkanes of at least 4 members (excludes halogenated alkanes) is 1. The van der Waals surface area contributed by atoms with Crippen molar-refractivity contribution in [3.8, 4) is 0 Å². The van der Waals surface area contributed by atoms with Gasteiger partial charge in [0.15, 0.2) is 0 Å². The lowest BCUT2D eigenvalue weighted by Crippen LogP contribution is -2.49. The van der Waals surface area contributed by atoms with Crippen molar-refractivity contribution in [2.75, 3.05) is 12.3 Å². The molecule has 4 nitrogen and oxygen atoms in total. The number of nitrogens with one attached hydrogen (secondary N) is 1. The first-order valence-electron chi connectivity index (χ1n) is 7.15. The first kappa shape index (κ1) is 17.1. The number of thioether (sulfide) groups is 1. The molecule has 1 heterocycles. The molecule has 1 rings (SSSR count). The van der Waals surface area contributed by atoms with Crippen molar-refractivity contribution in [2.45, 2.75) is 56.9 Å². The van der Waals surface area contributed by atoms with Gasteiger partial charge >= 0.3 is 5.97 Å². The minimum Gasteiger partial charge on any atom is -0.480 e. The highest BCUT2D eigenvalue weighted by Crippen LogP contribution is 2.25. The van der Waals surface area contributed by atoms with Gasteiger partial charge in [0.05, 0.1) is 6.26 Å². The largest absolute Gasteiger partial charge is 0.480 e. The molecule has 0 aliphatic carbocycles. The van der Waals surface area contributed by atoms with Crippen LogP contribution in [0, 0.1) is 6.92 Å². The number of carboxylic acids is 1. The fourth-order valence-electron chi connectivity index (χ4n) is 1.96. The molecule has 1 aromatic rings. The third-order valence-electron chi connectivity index (χ3n) is 3.38. The topological polar surface area (TPSA) is 62.5 Å². The fraction of sp³-hybridized carbons (Fsp3) is 0.667. The van der Waals surface area contributed by atoms with Crippen LogP contribution in [-0.2, 0) is 4.79 Å². The third kappa shape index (κ3) is 5.21. The molecule has 0 aliphatic heterocycles. The maximum absolute atomic E-state index is 11.3. The Morgan fingerprint density at radius 1 is 1.50 bits per heavy atom. The number of aliphatic carboxylic acids is 1. The van der Waals surface area contributed by atoms with Gasteiger partial charge in [-0.1, -0.05) is 13.3 Å². The first-order valence-corrected chi connectivity index (χ1v) is 8.13. The van der Waals surface area contributed by atoms with Crippen LogP contribution < -0.4 is 5.32 Å². The van der Waals surface area contributed by atoms with Crippen molar-refractivity contribution in [3.05, 3.63) is 18.1 Å². The summed E-state index contributed by atoms with van der Waals surface area (Å²) < 4.78 is 5.24. The Hall–Kier alpha value is -0.940. The predicted octanol–water partition coefficient (Wildman–Crippen LogP) is 3.69. The maximum atomic E-state index is 11.3. The van der Waals surface area contributed by atoms with Gasteiger partial charge < -0.3 is 14.8 Å². The smallest absolute Gasteiger partial charge is 0.323 e. The Balaban J connectivity index is 2.27. The summed E-state index contributed by atoms with van der Waals surface area (Å²) in [5.74, 6) is 1.18. The standard InChI is InChI=1S/C15H25NO3S/c1-4-9-16-15(3,14(17)18)8-5-6-11-20-13-7-10-19-12(13)2/h7,10,16H,4-6,8-9,11H2,1-3H3,(H,17,18). The van der Waals surface area contributed by atoms with Crippen molar-refractivity contribution in [1.29, 1.82) is 0 Å². The van der Waals surface area contributed by atoms with Gasteiger partial charge in [-0.25, -0.2) is 0 Å². The second-order valence-corrected chi connectivity index (χ2v) is 6.35. The predicted molar refractivity (Wildman–Crippen MR) is 82.4 cm³/mol. The summed E-state index contributed by atoms with van der Waals surface area (Å²) in [7, 11) is 0. The van der Waals surface area contributed by atoms with Crippen LogP contribution in [0.15, 0.2) is 21.6 Å². The van der Waals surface area contributed by atoms with Gasteiger partial charge in [-0.05, 0) is 51.5 Å². The molecule has 0 saturated heterocycles. The quantitative estimate of drug-likeness (QED) is 0.509. The number of carbonyl (C=O) groups is 1. The van der Waals surface area contributed by atoms with E-state index in [0.29, 0.717) is 6.42 Å². The molecule has 1 unspecified atom stereocenters. The van der Waals surface area contributed by atoms with E-state index in [2.05, 4.69) is 5.32 Å². The molecular weight excluding hydrogens is 274 g/mol. The Labute approximate surface area is 125 Å². The highest BCUT2D eigenvalue weighted by atomic mass is 32.2. The molecule has 0 amide bonds. The Kier molecular flexibility index (Phi) is 7.16. The summed E-state index contributed by atoms with van der Waals surface area (Å²) in [4.78, 5) is 12.5. The maximum Gasteiger partial charge on any atom is 0.323 e. The minimum atomic E-state index is -0.799. The normalized spacial score (nSPS) is 14.2. The second-order valence-electron chi connectivity index (χ2n) is 5.21. The number of hydrogen-bond donors (Lipinski definition) is 2. The van der Waals surface area contributed by atoms with Gasteiger partial charge in [0.1, 0.15) is 11.3 Å². The van der Waals surface area contributed by atoms with Crippen LogP contribution in [0.4, 0.5) is 0 Å². The number of furan rings is 1. The monoisotopic (exact) mass is 299 g/mol. The summed E-state index contributed by atoms with van der Waals surface area (Å²) in [6.45, 7) is 6.52. The lowest BCUT2D eigenvalue weighted by molar-refractivity contribution is -0.144. The van der Waals surface area contributed by atoms with Crippen LogP contribution in [0.25, 0.3) is 0 Å². The molecule has 0 radical (unpaired) electrons. The molecule has 2 N–H and O–H groups in total. The molecule has 0 aliphatic rings. The highest BCUT2D eigenvalue weighted by Gasteiger charge is 2.31. The van der Waals surface area contributed by atoms with Gasteiger partial charge in [0, 0.05) is 4.90 Å². The van der Waals surface area contributed by atoms with E-state index in [1.807, 2.05) is 19.9 Å². The van der Waals surface area contributed by atoms with Gasteiger partial charge in [0.25, 0.3) is 0 Å². The van der Waals surface area contributed by atoms with Crippen molar-refractivity contribution in [3.63, 3.8) is 0 Å². The average molecular weight is 299 g/mol. The number of rotatable bonds is 10. The summed E-state index contributed by atoms with van der Waals surface area (Å²) in [5, 5.41) is 12.5. The number of hydrogen-bond acceptors (Lipinski definition) is 4. The summed E-state index contributed by atoms with van der Waals surface area (Å²) >= 11 is 1.77. The van der Waals surface area contributed by atoms with E-state index < -0.39 is 11.5 Å². The SMILES string of the molecule is CCCNC(C)(CCCCSc1ccoc1C)C(=O)O. The molecule has 0 bridgehead atoms. The molecule has 5 heteroatoms. The highest BCUT2D eigenvalue weighted by molar-refractivity contribution is 7.99. The Bertz CT molecular complexity index is 419. The van der Waals surface area contributed by atoms with Gasteiger partial charge in [-0.15, -0.1) is 11.8 Å². The van der Waals surface area contributed by atoms with Gasteiger partial charge in [-0.3, -0.25) is 4.79 Å². The Morgan fingerprint density at radius 3 is 2.80 bits per heavy atom. The van der Waals surface area contributed by atoms with E-state index in [1.165, 1.54) is 4.90 Å². The van der Waals surface area contributed by atoms with Crippen molar-refractivity contribution in [2.24, 2.45) is 0 Å². The van der Waals surface area contributed by atoms with Gasteiger partial charge in [0.2, 0.25) is 0 Å². The molecule has 1 aromatic heterocycles. The molecular formula is C15H25NO3S.